The third-order valence-corrected chi connectivity index (χ3v) is 8.90. The van der Waals surface area contributed by atoms with Crippen molar-refractivity contribution < 1.29 is 31.2 Å². The molecule has 1 N–H and O–H groups in total. The highest BCUT2D eigenvalue weighted by molar-refractivity contribution is 7.92. The van der Waals surface area contributed by atoms with Gasteiger partial charge in [-0.2, -0.15) is 13.2 Å². The Morgan fingerprint density at radius 2 is 1.49 bits per heavy atom. The van der Waals surface area contributed by atoms with E-state index in [1.165, 1.54) is 37.3 Å². The first-order valence-electron chi connectivity index (χ1n) is 13.1. The molecule has 13 heteroatoms. The molecule has 0 spiro atoms. The van der Waals surface area contributed by atoms with E-state index >= 15 is 0 Å². The number of alkyl halides is 3. The van der Waals surface area contributed by atoms with Crippen LogP contribution in [-0.2, 0) is 32.3 Å². The number of benzene rings is 3. The Morgan fingerprint density at radius 3 is 2.02 bits per heavy atom. The predicted molar refractivity (Wildman–Crippen MR) is 162 cm³/mol. The van der Waals surface area contributed by atoms with Crippen LogP contribution in [0.5, 0.6) is 0 Å². The smallest absolute Gasteiger partial charge is 0.350 e. The maximum Gasteiger partial charge on any atom is 0.416 e. The summed E-state index contributed by atoms with van der Waals surface area (Å²) in [6, 6.07) is 12.9. The van der Waals surface area contributed by atoms with E-state index < -0.39 is 51.7 Å². The van der Waals surface area contributed by atoms with Crippen molar-refractivity contribution in [3.63, 3.8) is 0 Å². The molecule has 1 atom stereocenters. The van der Waals surface area contributed by atoms with Gasteiger partial charge in [0, 0.05) is 27.7 Å². The Morgan fingerprint density at radius 1 is 0.930 bits per heavy atom. The van der Waals surface area contributed by atoms with Crippen molar-refractivity contribution in [2.45, 2.75) is 63.8 Å². The topological polar surface area (TPSA) is 86.8 Å². The fraction of sp³-hybridized carbons (Fsp3) is 0.333. The molecule has 0 unspecified atom stereocenters. The summed E-state index contributed by atoms with van der Waals surface area (Å²) in [6.45, 7) is 7.23. The molecule has 0 saturated carbocycles. The van der Waals surface area contributed by atoms with Crippen LogP contribution in [0.25, 0.3) is 0 Å². The molecule has 232 valence electrons. The molecular formula is C30H32Cl2F3N3O4S. The lowest BCUT2D eigenvalue weighted by molar-refractivity contribution is -0.140. The van der Waals surface area contributed by atoms with Crippen LogP contribution in [0.3, 0.4) is 0 Å². The molecule has 0 saturated heterocycles. The number of anilines is 1. The van der Waals surface area contributed by atoms with E-state index in [1.54, 1.807) is 45.9 Å². The summed E-state index contributed by atoms with van der Waals surface area (Å²) in [5.74, 6) is -1.42. The number of amides is 2. The van der Waals surface area contributed by atoms with Crippen LogP contribution in [0.15, 0.2) is 71.6 Å². The molecule has 0 aromatic heterocycles. The number of sulfonamides is 1. The van der Waals surface area contributed by atoms with Crippen molar-refractivity contribution >= 4 is 50.7 Å². The van der Waals surface area contributed by atoms with Crippen LogP contribution in [-0.4, -0.2) is 43.3 Å². The molecule has 0 aliphatic heterocycles. The Labute approximate surface area is 259 Å². The van der Waals surface area contributed by atoms with Crippen molar-refractivity contribution in [3.8, 4) is 0 Å². The average Bonchev–Trinajstić information content (AvgIpc) is 2.90. The molecule has 2 amide bonds. The van der Waals surface area contributed by atoms with E-state index in [2.05, 4.69) is 5.32 Å². The van der Waals surface area contributed by atoms with Crippen LogP contribution in [0.2, 0.25) is 10.0 Å². The summed E-state index contributed by atoms with van der Waals surface area (Å²) in [6.07, 6.45) is -4.77. The van der Waals surface area contributed by atoms with Crippen molar-refractivity contribution in [1.29, 1.82) is 0 Å². The molecular weight excluding hydrogens is 626 g/mol. The van der Waals surface area contributed by atoms with Crippen LogP contribution >= 0.6 is 23.2 Å². The Hall–Kier alpha value is -3.28. The van der Waals surface area contributed by atoms with E-state index in [0.717, 1.165) is 22.6 Å². The predicted octanol–water partition coefficient (Wildman–Crippen LogP) is 6.85. The number of aryl methyl sites for hydroxylation is 1. The lowest BCUT2D eigenvalue weighted by Gasteiger charge is -2.34. The number of hydrogen-bond donors (Lipinski definition) is 1. The molecule has 0 heterocycles. The number of carbonyl (C=O) groups is 2. The first-order chi connectivity index (χ1) is 19.8. The highest BCUT2D eigenvalue weighted by Crippen LogP contribution is 2.34. The Bertz CT molecular complexity index is 1570. The first kappa shape index (κ1) is 34.2. The standard InChI is InChI=1S/C30H32Cl2F3N3O4S/c1-19-12-14-23(15-13-19)43(41,42)38(22-9-6-8-21(16-22)30(33,34)35)18-27(39)37(20(2)28(40)36-29(3,4)5)17-24-25(31)10-7-11-26(24)32/h6-16,20H,17-18H2,1-5H3,(H,36,40)/t20-/m0/s1. The number of halogens is 5. The van der Waals surface area contributed by atoms with Gasteiger partial charge in [-0.15, -0.1) is 0 Å². The van der Waals surface area contributed by atoms with Crippen molar-refractivity contribution in [1.82, 2.24) is 10.2 Å². The van der Waals surface area contributed by atoms with E-state index in [-0.39, 0.29) is 27.2 Å². The summed E-state index contributed by atoms with van der Waals surface area (Å²) in [4.78, 5) is 28.1. The third-order valence-electron chi connectivity index (χ3n) is 6.40. The zero-order chi connectivity index (χ0) is 32.3. The van der Waals surface area contributed by atoms with E-state index in [9.17, 15) is 31.2 Å². The number of hydrogen-bond acceptors (Lipinski definition) is 4. The number of rotatable bonds is 9. The second-order valence-corrected chi connectivity index (χ2v) is 13.7. The van der Waals surface area contributed by atoms with Gasteiger partial charge in [-0.05, 0) is 77.1 Å². The fourth-order valence-electron chi connectivity index (χ4n) is 4.11. The number of carbonyl (C=O) groups excluding carboxylic acids is 2. The van der Waals surface area contributed by atoms with Crippen molar-refractivity contribution in [2.24, 2.45) is 0 Å². The zero-order valence-corrected chi connectivity index (χ0v) is 26.5. The maximum absolute atomic E-state index is 14.0. The summed E-state index contributed by atoms with van der Waals surface area (Å²) < 4.78 is 69.2. The maximum atomic E-state index is 14.0. The summed E-state index contributed by atoms with van der Waals surface area (Å²) in [5, 5.41) is 3.19. The normalized spacial score (nSPS) is 12.9. The highest BCUT2D eigenvalue weighted by Gasteiger charge is 2.36. The molecule has 0 aliphatic carbocycles. The lowest BCUT2D eigenvalue weighted by Crippen LogP contribution is -2.54. The van der Waals surface area contributed by atoms with E-state index in [0.29, 0.717) is 15.9 Å². The first-order valence-corrected chi connectivity index (χ1v) is 15.3. The third kappa shape index (κ3) is 8.64. The lowest BCUT2D eigenvalue weighted by atomic mass is 10.1. The van der Waals surface area contributed by atoms with Gasteiger partial charge < -0.3 is 10.2 Å². The molecule has 0 bridgehead atoms. The second-order valence-electron chi connectivity index (χ2n) is 11.0. The van der Waals surface area contributed by atoms with Crippen LogP contribution < -0.4 is 9.62 Å². The number of nitrogens with zero attached hydrogens (tertiary/aromatic N) is 2. The van der Waals surface area contributed by atoms with Crippen LogP contribution in [0.1, 0.15) is 44.4 Å². The summed E-state index contributed by atoms with van der Waals surface area (Å²) >= 11 is 12.7. The molecule has 3 aromatic rings. The molecule has 0 radical (unpaired) electrons. The highest BCUT2D eigenvalue weighted by atomic mass is 35.5. The van der Waals surface area contributed by atoms with E-state index in [1.807, 2.05) is 0 Å². The van der Waals surface area contributed by atoms with Gasteiger partial charge in [0.15, 0.2) is 0 Å². The minimum atomic E-state index is -4.77. The molecule has 0 fully saturated rings. The molecule has 43 heavy (non-hydrogen) atoms. The van der Waals surface area contributed by atoms with Crippen LogP contribution in [0, 0.1) is 6.92 Å². The Balaban J connectivity index is 2.14. The SMILES string of the molecule is Cc1ccc(S(=O)(=O)N(CC(=O)N(Cc2c(Cl)cccc2Cl)[C@@H](C)C(=O)NC(C)(C)C)c2cccc(C(F)(F)F)c2)cc1. The van der Waals surface area contributed by atoms with Gasteiger partial charge >= 0.3 is 6.18 Å². The molecule has 3 rings (SSSR count). The van der Waals surface area contributed by atoms with Gasteiger partial charge in [-0.1, -0.05) is 53.0 Å². The average molecular weight is 659 g/mol. The minimum Gasteiger partial charge on any atom is -0.350 e. The second kappa shape index (κ2) is 13.2. The van der Waals surface area contributed by atoms with Gasteiger partial charge in [0.1, 0.15) is 12.6 Å². The van der Waals surface area contributed by atoms with E-state index in [4.69, 9.17) is 23.2 Å². The Kier molecular flexibility index (Phi) is 10.5. The minimum absolute atomic E-state index is 0.204. The number of nitrogens with one attached hydrogen (secondary N) is 1. The van der Waals surface area contributed by atoms with Crippen molar-refractivity contribution in [3.05, 3.63) is 93.5 Å². The van der Waals surface area contributed by atoms with Crippen LogP contribution in [0.4, 0.5) is 18.9 Å². The summed E-state index contributed by atoms with van der Waals surface area (Å²) in [5.41, 5.74) is -1.09. The van der Waals surface area contributed by atoms with Gasteiger partial charge in [-0.3, -0.25) is 13.9 Å². The van der Waals surface area contributed by atoms with Gasteiger partial charge in [0.25, 0.3) is 10.0 Å². The molecule has 3 aromatic carbocycles. The quantitative estimate of drug-likeness (QED) is 0.273. The largest absolute Gasteiger partial charge is 0.416 e. The van der Waals surface area contributed by atoms with Gasteiger partial charge in [0.05, 0.1) is 16.1 Å². The zero-order valence-electron chi connectivity index (χ0n) is 24.2. The van der Waals surface area contributed by atoms with Crippen molar-refractivity contribution in [2.75, 3.05) is 10.8 Å². The van der Waals surface area contributed by atoms with Gasteiger partial charge in [-0.25, -0.2) is 8.42 Å². The molecule has 0 aliphatic rings. The fourth-order valence-corrected chi connectivity index (χ4v) is 6.04. The summed E-state index contributed by atoms with van der Waals surface area (Å²) in [7, 11) is -4.56. The van der Waals surface area contributed by atoms with Gasteiger partial charge in [0.2, 0.25) is 11.8 Å². The monoisotopic (exact) mass is 657 g/mol. The molecule has 7 nitrogen and oxygen atoms in total.